The number of ketones is 1. The normalized spacial score (nSPS) is 14.6. The van der Waals surface area contributed by atoms with Gasteiger partial charge in [-0.3, -0.25) is 14.3 Å². The number of Topliss-reactive ketones (excluding diaryl/α,β-unsaturated/α-hetero) is 1. The van der Waals surface area contributed by atoms with Gasteiger partial charge in [-0.2, -0.15) is 18.3 Å². The molecule has 32 heavy (non-hydrogen) atoms. The van der Waals surface area contributed by atoms with Crippen molar-refractivity contribution in [3.8, 4) is 0 Å². The molecule has 4 rings (SSSR count). The molecule has 0 radical (unpaired) electrons. The van der Waals surface area contributed by atoms with Crippen molar-refractivity contribution < 1.29 is 22.8 Å². The molecule has 0 N–H and O–H groups in total. The predicted molar refractivity (Wildman–Crippen MR) is 115 cm³/mol. The first-order valence-corrected chi connectivity index (χ1v) is 10.6. The summed E-state index contributed by atoms with van der Waals surface area (Å²) in [6.07, 6.45) is -4.24. The zero-order chi connectivity index (χ0) is 23.0. The van der Waals surface area contributed by atoms with Crippen LogP contribution in [0, 0.1) is 12.8 Å². The van der Waals surface area contributed by atoms with Crippen LogP contribution in [-0.4, -0.2) is 45.6 Å². The van der Waals surface area contributed by atoms with E-state index in [-0.39, 0.29) is 11.8 Å². The minimum absolute atomic E-state index is 0.0404. The second-order valence-corrected chi connectivity index (χ2v) is 8.58. The first-order chi connectivity index (χ1) is 15.1. The maximum absolute atomic E-state index is 12.5. The second-order valence-electron chi connectivity index (χ2n) is 8.14. The number of halogens is 4. The fourth-order valence-corrected chi connectivity index (χ4v) is 4.08. The lowest BCUT2D eigenvalue weighted by atomic mass is 9.98. The van der Waals surface area contributed by atoms with E-state index in [4.69, 9.17) is 11.6 Å². The third-order valence-electron chi connectivity index (χ3n) is 5.72. The summed E-state index contributed by atoms with van der Waals surface area (Å²) >= 11 is 5.86. The third kappa shape index (κ3) is 4.80. The molecule has 1 saturated heterocycles. The lowest BCUT2D eigenvalue weighted by Crippen LogP contribution is -2.51. The van der Waals surface area contributed by atoms with Gasteiger partial charge in [0.1, 0.15) is 0 Å². The number of fused-ring (bicyclic) bond motifs is 1. The largest absolute Gasteiger partial charge is 0.389 e. The summed E-state index contributed by atoms with van der Waals surface area (Å²) in [6.45, 7) is 3.55. The van der Waals surface area contributed by atoms with Crippen LogP contribution in [0.15, 0.2) is 42.6 Å². The number of hydrogen-bond donors (Lipinski definition) is 0. The van der Waals surface area contributed by atoms with E-state index in [2.05, 4.69) is 5.10 Å². The zero-order valence-corrected chi connectivity index (χ0v) is 18.1. The standard InChI is InChI=1S/C23H21ClF3N3O2/c1-14-18(21(31)8-9-23(25,26)27)6-7-20-19(14)13-30(28-20)12-15-10-29(11-15)22(32)16-2-4-17(24)5-3-16/h2-7,13,15H,8-12H2,1H3. The molecule has 2 aromatic carbocycles. The lowest BCUT2D eigenvalue weighted by molar-refractivity contribution is -0.133. The molecule has 2 heterocycles. The molecule has 0 bridgehead atoms. The van der Waals surface area contributed by atoms with Gasteiger partial charge in [-0.15, -0.1) is 0 Å². The van der Waals surface area contributed by atoms with Crippen LogP contribution in [0.4, 0.5) is 13.2 Å². The van der Waals surface area contributed by atoms with Crippen molar-refractivity contribution in [3.63, 3.8) is 0 Å². The number of likely N-dealkylation sites (tertiary alicyclic amines) is 1. The minimum atomic E-state index is -4.36. The summed E-state index contributed by atoms with van der Waals surface area (Å²) in [5.74, 6) is -0.319. The highest BCUT2D eigenvalue weighted by Crippen LogP contribution is 2.27. The number of rotatable bonds is 6. The number of carbonyl (C=O) groups excluding carboxylic acids is 2. The molecule has 3 aromatic rings. The van der Waals surface area contributed by atoms with Gasteiger partial charge in [0.05, 0.1) is 11.9 Å². The molecule has 0 spiro atoms. The first kappa shape index (κ1) is 22.3. The van der Waals surface area contributed by atoms with E-state index in [1.54, 1.807) is 52.9 Å². The van der Waals surface area contributed by atoms with Crippen LogP contribution < -0.4 is 0 Å². The fraction of sp³-hybridized carbons (Fsp3) is 0.348. The van der Waals surface area contributed by atoms with Crippen LogP contribution in [0.2, 0.25) is 5.02 Å². The van der Waals surface area contributed by atoms with E-state index in [1.807, 2.05) is 6.20 Å². The van der Waals surface area contributed by atoms with E-state index in [1.165, 1.54) is 0 Å². The Labute approximate surface area is 187 Å². The highest BCUT2D eigenvalue weighted by molar-refractivity contribution is 6.30. The van der Waals surface area contributed by atoms with Crippen LogP contribution in [0.25, 0.3) is 10.9 Å². The van der Waals surface area contributed by atoms with Gasteiger partial charge >= 0.3 is 6.18 Å². The Morgan fingerprint density at radius 2 is 1.81 bits per heavy atom. The molecule has 0 unspecified atom stereocenters. The maximum atomic E-state index is 12.5. The number of hydrogen-bond acceptors (Lipinski definition) is 3. The number of nitrogens with zero attached hydrogens (tertiary/aromatic N) is 3. The molecular formula is C23H21ClF3N3O2. The Bertz CT molecular complexity index is 1170. The molecule has 1 aliphatic heterocycles. The number of aryl methyl sites for hydroxylation is 1. The van der Waals surface area contributed by atoms with E-state index in [0.717, 1.165) is 5.39 Å². The summed E-state index contributed by atoms with van der Waals surface area (Å²) in [7, 11) is 0. The van der Waals surface area contributed by atoms with Crippen LogP contribution in [-0.2, 0) is 6.54 Å². The van der Waals surface area contributed by atoms with Crippen molar-refractivity contribution in [1.82, 2.24) is 14.7 Å². The summed E-state index contributed by atoms with van der Waals surface area (Å²) in [4.78, 5) is 26.5. The minimum Gasteiger partial charge on any atom is -0.338 e. The summed E-state index contributed by atoms with van der Waals surface area (Å²) in [6, 6.07) is 9.99. The van der Waals surface area contributed by atoms with Crippen LogP contribution in [0.1, 0.15) is 39.1 Å². The van der Waals surface area contributed by atoms with Gasteiger partial charge in [0.25, 0.3) is 5.91 Å². The van der Waals surface area contributed by atoms with E-state index < -0.39 is 24.8 Å². The van der Waals surface area contributed by atoms with Crippen molar-refractivity contribution in [2.24, 2.45) is 5.92 Å². The third-order valence-corrected chi connectivity index (χ3v) is 5.97. The average molecular weight is 464 g/mol. The molecular weight excluding hydrogens is 443 g/mol. The topological polar surface area (TPSA) is 55.2 Å². The average Bonchev–Trinajstić information content (AvgIpc) is 3.12. The van der Waals surface area contributed by atoms with Gasteiger partial charge in [0.15, 0.2) is 5.78 Å². The van der Waals surface area contributed by atoms with Crippen LogP contribution in [0.3, 0.4) is 0 Å². The van der Waals surface area contributed by atoms with Crippen molar-refractivity contribution in [2.75, 3.05) is 13.1 Å². The van der Waals surface area contributed by atoms with Gasteiger partial charge in [-0.25, -0.2) is 0 Å². The molecule has 0 atom stereocenters. The number of aromatic nitrogens is 2. The monoisotopic (exact) mass is 463 g/mol. The molecule has 0 saturated carbocycles. The number of carbonyl (C=O) groups is 2. The second kappa shape index (κ2) is 8.58. The van der Waals surface area contributed by atoms with Gasteiger partial charge in [0.2, 0.25) is 0 Å². The predicted octanol–water partition coefficient (Wildman–Crippen LogP) is 5.30. The fourth-order valence-electron chi connectivity index (χ4n) is 3.96. The lowest BCUT2D eigenvalue weighted by Gasteiger charge is -2.39. The molecule has 0 aliphatic carbocycles. The SMILES string of the molecule is Cc1c(C(=O)CCC(F)(F)F)ccc2nn(CC3CN(C(=O)c4ccc(Cl)cc4)C3)cc12. The van der Waals surface area contributed by atoms with E-state index in [0.29, 0.717) is 46.9 Å². The quantitative estimate of drug-likeness (QED) is 0.466. The summed E-state index contributed by atoms with van der Waals surface area (Å²) in [5, 5.41) is 5.85. The van der Waals surface area contributed by atoms with Crippen molar-refractivity contribution in [2.45, 2.75) is 32.5 Å². The first-order valence-electron chi connectivity index (χ1n) is 10.2. The van der Waals surface area contributed by atoms with Crippen molar-refractivity contribution in [3.05, 3.63) is 64.3 Å². The highest BCUT2D eigenvalue weighted by atomic mass is 35.5. The smallest absolute Gasteiger partial charge is 0.338 e. The Balaban J connectivity index is 1.39. The molecule has 9 heteroatoms. The summed E-state index contributed by atoms with van der Waals surface area (Å²) in [5.41, 5.74) is 2.21. The molecule has 1 aliphatic rings. The van der Waals surface area contributed by atoms with Crippen LogP contribution >= 0.6 is 11.6 Å². The molecule has 168 valence electrons. The van der Waals surface area contributed by atoms with E-state index >= 15 is 0 Å². The molecule has 1 amide bonds. The zero-order valence-electron chi connectivity index (χ0n) is 17.3. The maximum Gasteiger partial charge on any atom is 0.389 e. The van der Waals surface area contributed by atoms with Crippen molar-refractivity contribution in [1.29, 1.82) is 0 Å². The molecule has 1 fully saturated rings. The summed E-state index contributed by atoms with van der Waals surface area (Å²) < 4.78 is 39.1. The van der Waals surface area contributed by atoms with Crippen LogP contribution in [0.5, 0.6) is 0 Å². The number of amides is 1. The van der Waals surface area contributed by atoms with Crippen molar-refractivity contribution >= 4 is 34.2 Å². The molecule has 5 nitrogen and oxygen atoms in total. The Kier molecular flexibility index (Phi) is 5.99. The highest BCUT2D eigenvalue weighted by Gasteiger charge is 2.32. The van der Waals surface area contributed by atoms with Gasteiger partial charge < -0.3 is 4.90 Å². The number of benzene rings is 2. The Morgan fingerprint density at radius 3 is 2.47 bits per heavy atom. The number of alkyl halides is 3. The van der Waals surface area contributed by atoms with Gasteiger partial charge in [-0.1, -0.05) is 11.6 Å². The molecule has 1 aromatic heterocycles. The van der Waals surface area contributed by atoms with Gasteiger partial charge in [-0.05, 0) is 48.9 Å². The van der Waals surface area contributed by atoms with E-state index in [9.17, 15) is 22.8 Å². The van der Waals surface area contributed by atoms with Gasteiger partial charge in [0, 0.05) is 59.7 Å². The Hall–Kier alpha value is -2.87. The Morgan fingerprint density at radius 1 is 1.12 bits per heavy atom.